The van der Waals surface area contributed by atoms with Gasteiger partial charge in [-0.05, 0) is 25.3 Å². The lowest BCUT2D eigenvalue weighted by Gasteiger charge is -2.16. The second kappa shape index (κ2) is 5.46. The zero-order valence-electron chi connectivity index (χ0n) is 9.95. The zero-order valence-corrected chi connectivity index (χ0v) is 9.95. The maximum Gasteiger partial charge on any atom is 0.0914 e. The molecule has 1 aliphatic carbocycles. The van der Waals surface area contributed by atoms with Crippen molar-refractivity contribution in [1.29, 1.82) is 0 Å². The van der Waals surface area contributed by atoms with Gasteiger partial charge in [-0.25, -0.2) is 0 Å². The van der Waals surface area contributed by atoms with Crippen LogP contribution >= 0.6 is 0 Å². The van der Waals surface area contributed by atoms with Crippen LogP contribution in [0.15, 0.2) is 24.3 Å². The van der Waals surface area contributed by atoms with E-state index in [2.05, 4.69) is 24.4 Å². The largest absolute Gasteiger partial charge is 0.387 e. The number of nitrogens with one attached hydrogen (secondary N) is 1. The van der Waals surface area contributed by atoms with Crippen molar-refractivity contribution in [1.82, 2.24) is 5.32 Å². The minimum absolute atomic E-state index is 0.375. The van der Waals surface area contributed by atoms with Crippen molar-refractivity contribution in [3.63, 3.8) is 0 Å². The number of benzene rings is 1. The Morgan fingerprint density at radius 1 is 1.38 bits per heavy atom. The Bertz CT molecular complexity index is 331. The predicted molar refractivity (Wildman–Crippen MR) is 66.4 cm³/mol. The maximum atomic E-state index is 10.0. The molecule has 0 amide bonds. The van der Waals surface area contributed by atoms with Crippen molar-refractivity contribution >= 4 is 0 Å². The molecule has 0 spiro atoms. The fourth-order valence-corrected chi connectivity index (χ4v) is 2.40. The molecule has 1 aliphatic rings. The first kappa shape index (κ1) is 11.6. The van der Waals surface area contributed by atoms with E-state index in [1.165, 1.54) is 31.2 Å². The van der Waals surface area contributed by atoms with Crippen LogP contribution in [0, 0.1) is 6.92 Å². The van der Waals surface area contributed by atoms with Gasteiger partial charge in [0, 0.05) is 12.6 Å². The smallest absolute Gasteiger partial charge is 0.0914 e. The summed E-state index contributed by atoms with van der Waals surface area (Å²) >= 11 is 0. The topological polar surface area (TPSA) is 32.3 Å². The lowest BCUT2D eigenvalue weighted by Crippen LogP contribution is -2.30. The summed E-state index contributed by atoms with van der Waals surface area (Å²) in [5.74, 6) is 0. The number of rotatable bonds is 4. The molecule has 0 aromatic heterocycles. The lowest BCUT2D eigenvalue weighted by molar-refractivity contribution is 0.170. The van der Waals surface area contributed by atoms with Crippen LogP contribution in [-0.4, -0.2) is 17.7 Å². The number of hydrogen-bond donors (Lipinski definition) is 2. The molecule has 1 aromatic carbocycles. The minimum Gasteiger partial charge on any atom is -0.387 e. The Kier molecular flexibility index (Phi) is 3.97. The van der Waals surface area contributed by atoms with Gasteiger partial charge in [-0.2, -0.15) is 0 Å². The van der Waals surface area contributed by atoms with Crippen molar-refractivity contribution < 1.29 is 5.11 Å². The van der Waals surface area contributed by atoms with Gasteiger partial charge in [0.15, 0.2) is 0 Å². The van der Waals surface area contributed by atoms with E-state index in [1.807, 2.05) is 12.1 Å². The third kappa shape index (κ3) is 3.06. The molecule has 16 heavy (non-hydrogen) atoms. The summed E-state index contributed by atoms with van der Waals surface area (Å²) in [6, 6.07) is 8.73. The Balaban J connectivity index is 1.85. The highest BCUT2D eigenvalue weighted by molar-refractivity contribution is 5.24. The average Bonchev–Trinajstić information content (AvgIpc) is 2.78. The van der Waals surface area contributed by atoms with Gasteiger partial charge in [-0.3, -0.25) is 0 Å². The van der Waals surface area contributed by atoms with Gasteiger partial charge < -0.3 is 10.4 Å². The van der Waals surface area contributed by atoms with Crippen molar-refractivity contribution in [2.75, 3.05) is 6.54 Å². The molecule has 2 rings (SSSR count). The third-order valence-corrected chi connectivity index (χ3v) is 3.38. The van der Waals surface area contributed by atoms with E-state index in [9.17, 15) is 5.11 Å². The summed E-state index contributed by atoms with van der Waals surface area (Å²) in [6.45, 7) is 2.73. The molecule has 0 aliphatic heterocycles. The average molecular weight is 219 g/mol. The SMILES string of the molecule is Cc1cccc(C(O)CNC2CCCC2)c1. The minimum atomic E-state index is -0.375. The van der Waals surface area contributed by atoms with Gasteiger partial charge in [0.25, 0.3) is 0 Å². The predicted octanol–water partition coefficient (Wildman–Crippen LogP) is 2.56. The molecule has 0 bridgehead atoms. The van der Waals surface area contributed by atoms with Gasteiger partial charge >= 0.3 is 0 Å². The summed E-state index contributed by atoms with van der Waals surface area (Å²) in [5, 5.41) is 13.5. The van der Waals surface area contributed by atoms with Crippen LogP contribution in [0.3, 0.4) is 0 Å². The number of hydrogen-bond acceptors (Lipinski definition) is 2. The van der Waals surface area contributed by atoms with Crippen molar-refractivity contribution in [2.45, 2.75) is 44.8 Å². The molecule has 0 heterocycles. The quantitative estimate of drug-likeness (QED) is 0.815. The first-order chi connectivity index (χ1) is 7.75. The van der Waals surface area contributed by atoms with Crippen molar-refractivity contribution in [2.24, 2.45) is 0 Å². The highest BCUT2D eigenvalue weighted by Crippen LogP contribution is 2.19. The van der Waals surface area contributed by atoms with Crippen LogP contribution in [0.4, 0.5) is 0 Å². The molecule has 2 nitrogen and oxygen atoms in total. The van der Waals surface area contributed by atoms with Gasteiger partial charge in [0.2, 0.25) is 0 Å². The maximum absolute atomic E-state index is 10.0. The van der Waals surface area contributed by atoms with Gasteiger partial charge in [0.1, 0.15) is 0 Å². The summed E-state index contributed by atoms with van der Waals surface area (Å²) in [6.07, 6.45) is 4.82. The van der Waals surface area contributed by atoms with Crippen LogP contribution in [0.25, 0.3) is 0 Å². The van der Waals surface area contributed by atoms with E-state index in [1.54, 1.807) is 0 Å². The van der Waals surface area contributed by atoms with Crippen molar-refractivity contribution in [3.8, 4) is 0 Å². The Hall–Kier alpha value is -0.860. The third-order valence-electron chi connectivity index (χ3n) is 3.38. The molecule has 1 atom stereocenters. The monoisotopic (exact) mass is 219 g/mol. The first-order valence-electron chi connectivity index (χ1n) is 6.24. The molecule has 1 saturated carbocycles. The van der Waals surface area contributed by atoms with Crippen LogP contribution in [0.2, 0.25) is 0 Å². The van der Waals surface area contributed by atoms with Crippen molar-refractivity contribution in [3.05, 3.63) is 35.4 Å². The van der Waals surface area contributed by atoms with Crippen LogP contribution < -0.4 is 5.32 Å². The fraction of sp³-hybridized carbons (Fsp3) is 0.571. The first-order valence-corrected chi connectivity index (χ1v) is 6.24. The molecule has 2 N–H and O–H groups in total. The zero-order chi connectivity index (χ0) is 11.4. The molecule has 0 saturated heterocycles. The summed E-state index contributed by atoms with van der Waals surface area (Å²) in [5.41, 5.74) is 2.22. The molecule has 1 unspecified atom stereocenters. The number of aliphatic hydroxyl groups is 1. The Morgan fingerprint density at radius 2 is 2.12 bits per heavy atom. The standard InChI is InChI=1S/C14H21NO/c1-11-5-4-6-12(9-11)14(16)10-15-13-7-2-3-8-13/h4-6,9,13-16H,2-3,7-8,10H2,1H3. The number of aryl methyl sites for hydroxylation is 1. The van der Waals surface area contributed by atoms with E-state index >= 15 is 0 Å². The van der Waals surface area contributed by atoms with E-state index in [0.717, 1.165) is 5.56 Å². The summed E-state index contributed by atoms with van der Waals surface area (Å²) in [7, 11) is 0. The molecular weight excluding hydrogens is 198 g/mol. The lowest BCUT2D eigenvalue weighted by atomic mass is 10.1. The summed E-state index contributed by atoms with van der Waals surface area (Å²) in [4.78, 5) is 0. The molecule has 1 fully saturated rings. The van der Waals surface area contributed by atoms with E-state index < -0.39 is 0 Å². The molecular formula is C14H21NO. The molecule has 2 heteroatoms. The van der Waals surface area contributed by atoms with E-state index in [4.69, 9.17) is 0 Å². The number of aliphatic hydroxyl groups excluding tert-OH is 1. The normalized spacial score (nSPS) is 18.9. The fourth-order valence-electron chi connectivity index (χ4n) is 2.40. The van der Waals surface area contributed by atoms with E-state index in [-0.39, 0.29) is 6.10 Å². The van der Waals surface area contributed by atoms with Crippen LogP contribution in [0.1, 0.15) is 42.9 Å². The van der Waals surface area contributed by atoms with Crippen LogP contribution in [0.5, 0.6) is 0 Å². The molecule has 0 radical (unpaired) electrons. The Morgan fingerprint density at radius 3 is 2.81 bits per heavy atom. The highest BCUT2D eigenvalue weighted by Gasteiger charge is 2.16. The molecule has 1 aromatic rings. The second-order valence-corrected chi connectivity index (χ2v) is 4.82. The summed E-state index contributed by atoms with van der Waals surface area (Å²) < 4.78 is 0. The Labute approximate surface area is 97.7 Å². The highest BCUT2D eigenvalue weighted by atomic mass is 16.3. The second-order valence-electron chi connectivity index (χ2n) is 4.82. The van der Waals surface area contributed by atoms with Gasteiger partial charge in [-0.15, -0.1) is 0 Å². The van der Waals surface area contributed by atoms with E-state index in [0.29, 0.717) is 12.6 Å². The van der Waals surface area contributed by atoms with Crippen LogP contribution in [-0.2, 0) is 0 Å². The van der Waals surface area contributed by atoms with Gasteiger partial charge in [-0.1, -0.05) is 42.7 Å². The molecule has 88 valence electrons. The van der Waals surface area contributed by atoms with Gasteiger partial charge in [0.05, 0.1) is 6.10 Å².